The maximum absolute atomic E-state index is 12.6. The van der Waals surface area contributed by atoms with Crippen LogP contribution < -0.4 is 0 Å². The van der Waals surface area contributed by atoms with Gasteiger partial charge < -0.3 is 9.47 Å². The Morgan fingerprint density at radius 1 is 1.04 bits per heavy atom. The molecule has 0 fully saturated rings. The maximum atomic E-state index is 12.6. The summed E-state index contributed by atoms with van der Waals surface area (Å²) >= 11 is 0. The molecule has 0 spiro atoms. The second kappa shape index (κ2) is 8.36. The van der Waals surface area contributed by atoms with E-state index in [0.29, 0.717) is 12.4 Å². The molecule has 0 amide bonds. The van der Waals surface area contributed by atoms with Crippen LogP contribution in [0.2, 0.25) is 0 Å². The van der Waals surface area contributed by atoms with E-state index >= 15 is 0 Å². The van der Waals surface area contributed by atoms with Gasteiger partial charge in [0.15, 0.2) is 11.5 Å². The minimum absolute atomic E-state index is 0.262. The van der Waals surface area contributed by atoms with E-state index in [1.807, 2.05) is 67.6 Å². The van der Waals surface area contributed by atoms with Gasteiger partial charge in [-0.25, -0.2) is 9.80 Å². The molecule has 5 nitrogen and oxygen atoms in total. The van der Waals surface area contributed by atoms with Crippen molar-refractivity contribution in [3.63, 3.8) is 0 Å². The van der Waals surface area contributed by atoms with Gasteiger partial charge in [-0.3, -0.25) is 0 Å². The molecule has 3 rings (SSSR count). The van der Waals surface area contributed by atoms with Crippen molar-refractivity contribution < 1.29 is 14.3 Å². The van der Waals surface area contributed by atoms with Crippen LogP contribution in [0, 0.1) is 0 Å². The topological polar surface area (TPSA) is 51.1 Å². The summed E-state index contributed by atoms with van der Waals surface area (Å²) in [6.45, 7) is 4.04. The Balaban J connectivity index is 2.16. The fourth-order valence-corrected chi connectivity index (χ4v) is 3.03. The molecule has 0 unspecified atom stereocenters. The van der Waals surface area contributed by atoms with Crippen molar-refractivity contribution in [1.29, 1.82) is 0 Å². The van der Waals surface area contributed by atoms with E-state index in [0.717, 1.165) is 22.4 Å². The second-order valence-electron chi connectivity index (χ2n) is 5.85. The number of hydrogen-bond acceptors (Lipinski definition) is 5. The van der Waals surface area contributed by atoms with E-state index in [4.69, 9.17) is 9.47 Å². The normalized spacial score (nSPS) is 15.2. The van der Waals surface area contributed by atoms with E-state index in [1.54, 1.807) is 18.1 Å². The van der Waals surface area contributed by atoms with Crippen LogP contribution in [0.4, 0.5) is 0 Å². The average Bonchev–Trinajstić information content (AvgIpc) is 2.72. The summed E-state index contributed by atoms with van der Waals surface area (Å²) < 4.78 is 11.2. The Hall–Kier alpha value is -3.34. The molecule has 1 heterocycles. The second-order valence-corrected chi connectivity index (χ2v) is 5.85. The molecule has 0 N–H and O–H groups in total. The zero-order valence-corrected chi connectivity index (χ0v) is 15.7. The lowest BCUT2D eigenvalue weighted by atomic mass is 9.97. The van der Waals surface area contributed by atoms with Crippen LogP contribution in [0.25, 0.3) is 11.5 Å². The van der Waals surface area contributed by atoms with Crippen LogP contribution in [0.15, 0.2) is 71.5 Å². The van der Waals surface area contributed by atoms with Crippen molar-refractivity contribution >= 4 is 23.6 Å². The van der Waals surface area contributed by atoms with Crippen LogP contribution in [0.3, 0.4) is 0 Å². The number of fused-ring (bicyclic) bond motifs is 1. The SMILES string of the molecule is C/C=N\N1C(C(=O)OC)=C(OCc2ccccc2)c2ccccc2/C1=C\C. The van der Waals surface area contributed by atoms with E-state index in [9.17, 15) is 4.79 Å². The average molecular weight is 362 g/mol. The first-order valence-electron chi connectivity index (χ1n) is 8.75. The van der Waals surface area contributed by atoms with Gasteiger partial charge in [0, 0.05) is 17.3 Å². The van der Waals surface area contributed by atoms with E-state index in [1.165, 1.54) is 7.11 Å². The van der Waals surface area contributed by atoms with Crippen LogP contribution in [0.1, 0.15) is 30.5 Å². The number of benzene rings is 2. The fourth-order valence-electron chi connectivity index (χ4n) is 3.03. The Kier molecular flexibility index (Phi) is 5.71. The molecule has 138 valence electrons. The summed E-state index contributed by atoms with van der Waals surface area (Å²) in [5.41, 5.74) is 3.86. The first-order chi connectivity index (χ1) is 13.2. The van der Waals surface area contributed by atoms with Gasteiger partial charge in [0.2, 0.25) is 0 Å². The van der Waals surface area contributed by atoms with Crippen molar-refractivity contribution in [2.75, 3.05) is 7.11 Å². The third-order valence-electron chi connectivity index (χ3n) is 4.21. The first-order valence-corrected chi connectivity index (χ1v) is 8.75. The molecule has 2 aromatic carbocycles. The number of methoxy groups -OCH3 is 1. The molecule has 0 aliphatic carbocycles. The molecule has 0 saturated carbocycles. The number of carbonyl (C=O) groups excluding carboxylic acids is 1. The lowest BCUT2D eigenvalue weighted by molar-refractivity contribution is -0.137. The number of rotatable bonds is 5. The zero-order chi connectivity index (χ0) is 19.2. The van der Waals surface area contributed by atoms with Gasteiger partial charge in [-0.1, -0.05) is 60.7 Å². The molecule has 0 bridgehead atoms. The maximum Gasteiger partial charge on any atom is 0.360 e. The van der Waals surface area contributed by atoms with E-state index in [2.05, 4.69) is 5.10 Å². The van der Waals surface area contributed by atoms with Gasteiger partial charge in [-0.2, -0.15) is 5.10 Å². The third-order valence-corrected chi connectivity index (χ3v) is 4.21. The predicted molar refractivity (Wildman–Crippen MR) is 106 cm³/mol. The number of hydrogen-bond donors (Lipinski definition) is 0. The molecular formula is C22H22N2O3. The van der Waals surface area contributed by atoms with Crippen molar-refractivity contribution in [3.05, 3.63) is 83.1 Å². The zero-order valence-electron chi connectivity index (χ0n) is 15.7. The molecule has 5 heteroatoms. The van der Waals surface area contributed by atoms with Crippen LogP contribution in [0.5, 0.6) is 0 Å². The Morgan fingerprint density at radius 3 is 2.33 bits per heavy atom. The highest BCUT2D eigenvalue weighted by molar-refractivity contribution is 6.01. The minimum atomic E-state index is -0.502. The van der Waals surface area contributed by atoms with Crippen molar-refractivity contribution in [1.82, 2.24) is 5.01 Å². The molecule has 27 heavy (non-hydrogen) atoms. The molecule has 0 radical (unpaired) electrons. The Bertz CT molecular complexity index is 914. The third kappa shape index (κ3) is 3.62. The smallest absolute Gasteiger partial charge is 0.360 e. The summed E-state index contributed by atoms with van der Waals surface area (Å²) in [7, 11) is 1.35. The minimum Gasteiger partial charge on any atom is -0.486 e. The molecule has 1 aliphatic heterocycles. The van der Waals surface area contributed by atoms with Crippen LogP contribution in [-0.2, 0) is 20.9 Å². The number of allylic oxidation sites excluding steroid dienone is 1. The van der Waals surface area contributed by atoms with Crippen LogP contribution >= 0.6 is 0 Å². The predicted octanol–water partition coefficient (Wildman–Crippen LogP) is 4.43. The van der Waals surface area contributed by atoms with E-state index < -0.39 is 5.97 Å². The number of hydrazone groups is 1. The highest BCUT2D eigenvalue weighted by Gasteiger charge is 2.34. The number of esters is 1. The summed E-state index contributed by atoms with van der Waals surface area (Å²) in [5.74, 6) is -0.0463. The fraction of sp³-hybridized carbons (Fsp3) is 0.182. The van der Waals surface area contributed by atoms with Gasteiger partial charge in [0.25, 0.3) is 0 Å². The number of ether oxygens (including phenoxy) is 2. The molecule has 2 aromatic rings. The number of nitrogens with zero attached hydrogens (tertiary/aromatic N) is 2. The standard InChI is InChI=1S/C22H22N2O3/c1-4-19-17-13-9-10-14-18(17)21(27-15-16-11-7-6-8-12-16)20(22(25)26-3)24(19)23-5-2/h4-14H,15H2,1-3H3/b19-4+,23-5-. The molecule has 0 aromatic heterocycles. The molecular weight excluding hydrogens is 340 g/mol. The van der Waals surface area contributed by atoms with Gasteiger partial charge in [-0.05, 0) is 19.4 Å². The van der Waals surface area contributed by atoms with Gasteiger partial charge in [-0.15, -0.1) is 0 Å². The van der Waals surface area contributed by atoms with E-state index in [-0.39, 0.29) is 5.70 Å². The first kappa shape index (κ1) is 18.5. The van der Waals surface area contributed by atoms with Crippen molar-refractivity contribution in [3.8, 4) is 0 Å². The Labute approximate surface area is 159 Å². The van der Waals surface area contributed by atoms with Gasteiger partial charge in [0.1, 0.15) is 6.61 Å². The van der Waals surface area contributed by atoms with Crippen LogP contribution in [-0.4, -0.2) is 24.3 Å². The van der Waals surface area contributed by atoms with Crippen molar-refractivity contribution in [2.45, 2.75) is 20.5 Å². The summed E-state index contributed by atoms with van der Waals surface area (Å²) in [4.78, 5) is 12.6. The van der Waals surface area contributed by atoms with Crippen molar-refractivity contribution in [2.24, 2.45) is 5.10 Å². The summed E-state index contributed by atoms with van der Waals surface area (Å²) in [6.07, 6.45) is 3.55. The largest absolute Gasteiger partial charge is 0.486 e. The lowest BCUT2D eigenvalue weighted by Crippen LogP contribution is -2.29. The highest BCUT2D eigenvalue weighted by atomic mass is 16.5. The summed E-state index contributed by atoms with van der Waals surface area (Å²) in [6, 6.07) is 17.6. The van der Waals surface area contributed by atoms with Gasteiger partial charge >= 0.3 is 5.97 Å². The molecule has 0 atom stereocenters. The monoisotopic (exact) mass is 362 g/mol. The Morgan fingerprint density at radius 2 is 1.70 bits per heavy atom. The highest BCUT2D eigenvalue weighted by Crippen LogP contribution is 2.40. The molecule has 1 aliphatic rings. The molecule has 0 saturated heterocycles. The lowest BCUT2D eigenvalue weighted by Gasteiger charge is -2.31. The number of carbonyl (C=O) groups is 1. The van der Waals surface area contributed by atoms with Gasteiger partial charge in [0.05, 0.1) is 12.8 Å². The summed E-state index contributed by atoms with van der Waals surface area (Å²) in [5, 5.41) is 5.97. The quantitative estimate of drug-likeness (QED) is 0.583.